The lowest BCUT2D eigenvalue weighted by Gasteiger charge is -2.27. The summed E-state index contributed by atoms with van der Waals surface area (Å²) in [5, 5.41) is 0.750. The predicted molar refractivity (Wildman–Crippen MR) is 76.2 cm³/mol. The fraction of sp³-hybridized carbons (Fsp3) is 0.467. The van der Waals surface area contributed by atoms with E-state index in [2.05, 4.69) is 4.98 Å². The molecule has 0 saturated heterocycles. The third-order valence-corrected chi connectivity index (χ3v) is 4.16. The first-order valence-electron chi connectivity index (χ1n) is 6.89. The monoisotopic (exact) mass is 257 g/mol. The van der Waals surface area contributed by atoms with E-state index in [0.717, 1.165) is 42.1 Å². The lowest BCUT2D eigenvalue weighted by atomic mass is 9.91. The Morgan fingerprint density at radius 2 is 2.00 bits per heavy atom. The van der Waals surface area contributed by atoms with E-state index in [1.165, 1.54) is 0 Å². The van der Waals surface area contributed by atoms with E-state index in [1.54, 1.807) is 10.9 Å². The summed E-state index contributed by atoms with van der Waals surface area (Å²) in [4.78, 5) is 17.1. The Morgan fingerprint density at radius 1 is 1.26 bits per heavy atom. The van der Waals surface area contributed by atoms with Crippen LogP contribution in [0.4, 0.5) is 0 Å². The van der Waals surface area contributed by atoms with Gasteiger partial charge in [0.15, 0.2) is 0 Å². The highest BCUT2D eigenvalue weighted by Crippen LogP contribution is 2.26. The third kappa shape index (κ3) is 2.16. The second kappa shape index (κ2) is 4.78. The van der Waals surface area contributed by atoms with Crippen LogP contribution in [0.1, 0.15) is 37.3 Å². The van der Waals surface area contributed by atoms with Crippen molar-refractivity contribution < 1.29 is 0 Å². The Balaban J connectivity index is 2.08. The van der Waals surface area contributed by atoms with Crippen molar-refractivity contribution in [2.75, 3.05) is 0 Å². The molecular weight excluding hydrogens is 238 g/mol. The Labute approximate surface area is 112 Å². The Hall–Kier alpha value is -1.68. The Morgan fingerprint density at radius 3 is 2.74 bits per heavy atom. The zero-order valence-corrected chi connectivity index (χ0v) is 11.2. The molecule has 0 bridgehead atoms. The summed E-state index contributed by atoms with van der Waals surface area (Å²) in [6.45, 7) is 1.96. The maximum atomic E-state index is 12.6. The number of rotatable bonds is 1. The van der Waals surface area contributed by atoms with Crippen LogP contribution in [0.5, 0.6) is 0 Å². The highest BCUT2D eigenvalue weighted by molar-refractivity contribution is 5.80. The van der Waals surface area contributed by atoms with Crippen molar-refractivity contribution in [3.63, 3.8) is 0 Å². The van der Waals surface area contributed by atoms with Gasteiger partial charge in [-0.25, -0.2) is 4.98 Å². The van der Waals surface area contributed by atoms with Crippen LogP contribution < -0.4 is 11.3 Å². The van der Waals surface area contributed by atoms with Crippen molar-refractivity contribution in [1.82, 2.24) is 9.55 Å². The third-order valence-electron chi connectivity index (χ3n) is 4.16. The molecule has 1 aliphatic rings. The average molecular weight is 257 g/mol. The molecule has 100 valence electrons. The summed E-state index contributed by atoms with van der Waals surface area (Å²) in [5.74, 6) is 0. The minimum absolute atomic E-state index is 0.0866. The highest BCUT2D eigenvalue weighted by Gasteiger charge is 2.21. The lowest BCUT2D eigenvalue weighted by molar-refractivity contribution is 0.317. The second-order valence-corrected chi connectivity index (χ2v) is 5.49. The van der Waals surface area contributed by atoms with Gasteiger partial charge in [0.2, 0.25) is 0 Å². The molecule has 2 aromatic rings. The molecule has 1 fully saturated rings. The molecule has 0 amide bonds. The largest absolute Gasteiger partial charge is 0.328 e. The van der Waals surface area contributed by atoms with Gasteiger partial charge in [-0.2, -0.15) is 0 Å². The molecule has 0 aliphatic heterocycles. The highest BCUT2D eigenvalue weighted by atomic mass is 16.1. The molecule has 0 radical (unpaired) electrons. The van der Waals surface area contributed by atoms with Gasteiger partial charge in [-0.05, 0) is 44.2 Å². The molecule has 1 heterocycles. The van der Waals surface area contributed by atoms with Gasteiger partial charge in [0.05, 0.1) is 17.2 Å². The zero-order valence-electron chi connectivity index (χ0n) is 11.2. The van der Waals surface area contributed by atoms with Crippen LogP contribution >= 0.6 is 0 Å². The van der Waals surface area contributed by atoms with Gasteiger partial charge in [-0.3, -0.25) is 9.36 Å². The van der Waals surface area contributed by atoms with Crippen molar-refractivity contribution in [3.8, 4) is 0 Å². The van der Waals surface area contributed by atoms with Crippen molar-refractivity contribution in [3.05, 3.63) is 40.4 Å². The standard InChI is InChI=1S/C15H19N3O/c1-10-3-2-4-13-14(10)15(19)18(9-17-13)12-7-5-11(16)6-8-12/h2-4,9,11-12H,5-8,16H2,1H3. The van der Waals surface area contributed by atoms with E-state index in [9.17, 15) is 4.79 Å². The quantitative estimate of drug-likeness (QED) is 0.851. The predicted octanol–water partition coefficient (Wildman–Crippen LogP) is 2.15. The van der Waals surface area contributed by atoms with Gasteiger partial charge >= 0.3 is 0 Å². The zero-order chi connectivity index (χ0) is 13.4. The van der Waals surface area contributed by atoms with Gasteiger partial charge in [-0.15, -0.1) is 0 Å². The number of hydrogen-bond donors (Lipinski definition) is 1. The van der Waals surface area contributed by atoms with Gasteiger partial charge in [0.25, 0.3) is 5.56 Å². The number of benzene rings is 1. The first-order valence-corrected chi connectivity index (χ1v) is 6.89. The smallest absolute Gasteiger partial charge is 0.261 e. The van der Waals surface area contributed by atoms with Crippen molar-refractivity contribution in [2.24, 2.45) is 5.73 Å². The molecule has 4 nitrogen and oxygen atoms in total. The first kappa shape index (κ1) is 12.4. The maximum absolute atomic E-state index is 12.6. The number of aryl methyl sites for hydroxylation is 1. The number of fused-ring (bicyclic) bond motifs is 1. The molecule has 0 atom stereocenters. The second-order valence-electron chi connectivity index (χ2n) is 5.49. The molecule has 1 saturated carbocycles. The van der Waals surface area contributed by atoms with Gasteiger partial charge in [0, 0.05) is 12.1 Å². The summed E-state index contributed by atoms with van der Waals surface area (Å²) in [7, 11) is 0. The molecule has 1 aliphatic carbocycles. The molecule has 3 rings (SSSR count). The summed E-state index contributed by atoms with van der Waals surface area (Å²) in [6, 6.07) is 6.34. The van der Waals surface area contributed by atoms with Crippen molar-refractivity contribution in [1.29, 1.82) is 0 Å². The normalized spacial score (nSPS) is 23.7. The van der Waals surface area contributed by atoms with E-state index < -0.39 is 0 Å². The fourth-order valence-electron chi connectivity index (χ4n) is 2.98. The van der Waals surface area contributed by atoms with Crippen LogP contribution in [0.2, 0.25) is 0 Å². The van der Waals surface area contributed by atoms with Gasteiger partial charge in [-0.1, -0.05) is 12.1 Å². The number of nitrogens with two attached hydrogens (primary N) is 1. The van der Waals surface area contributed by atoms with Crippen LogP contribution in [0, 0.1) is 6.92 Å². The molecule has 1 aromatic carbocycles. The van der Waals surface area contributed by atoms with E-state index in [1.807, 2.05) is 25.1 Å². The van der Waals surface area contributed by atoms with Crippen LogP contribution in [0.25, 0.3) is 10.9 Å². The summed E-state index contributed by atoms with van der Waals surface area (Å²) >= 11 is 0. The molecule has 4 heteroatoms. The molecule has 2 N–H and O–H groups in total. The molecule has 1 aromatic heterocycles. The van der Waals surface area contributed by atoms with E-state index in [-0.39, 0.29) is 11.6 Å². The Bertz CT molecular complexity index is 654. The van der Waals surface area contributed by atoms with Crippen LogP contribution in [0.15, 0.2) is 29.3 Å². The van der Waals surface area contributed by atoms with E-state index >= 15 is 0 Å². The van der Waals surface area contributed by atoms with Crippen molar-refractivity contribution >= 4 is 10.9 Å². The molecule has 19 heavy (non-hydrogen) atoms. The maximum Gasteiger partial charge on any atom is 0.261 e. The number of hydrogen-bond acceptors (Lipinski definition) is 3. The SMILES string of the molecule is Cc1cccc2ncn(C3CCC(N)CC3)c(=O)c12. The van der Waals surface area contributed by atoms with Gasteiger partial charge in [0.1, 0.15) is 0 Å². The minimum atomic E-state index is 0.0866. The number of nitrogens with zero attached hydrogens (tertiary/aromatic N) is 2. The lowest BCUT2D eigenvalue weighted by Crippen LogP contribution is -2.32. The summed E-state index contributed by atoms with van der Waals surface area (Å²) < 4.78 is 1.81. The Kier molecular flexibility index (Phi) is 3.11. The summed E-state index contributed by atoms with van der Waals surface area (Å²) in [6.07, 6.45) is 5.62. The van der Waals surface area contributed by atoms with E-state index in [0.29, 0.717) is 6.04 Å². The summed E-state index contributed by atoms with van der Waals surface area (Å²) in [5.41, 5.74) is 7.79. The fourth-order valence-corrected chi connectivity index (χ4v) is 2.98. The van der Waals surface area contributed by atoms with Gasteiger partial charge < -0.3 is 5.73 Å². The molecule has 0 unspecified atom stereocenters. The van der Waals surface area contributed by atoms with Crippen molar-refractivity contribution in [2.45, 2.75) is 44.7 Å². The van der Waals surface area contributed by atoms with Crippen LogP contribution in [-0.4, -0.2) is 15.6 Å². The van der Waals surface area contributed by atoms with Crippen LogP contribution in [0.3, 0.4) is 0 Å². The van der Waals surface area contributed by atoms with E-state index in [4.69, 9.17) is 5.73 Å². The number of aromatic nitrogens is 2. The average Bonchev–Trinajstić information content (AvgIpc) is 2.40. The minimum Gasteiger partial charge on any atom is -0.328 e. The topological polar surface area (TPSA) is 60.9 Å². The first-order chi connectivity index (χ1) is 9.16. The van der Waals surface area contributed by atoms with Crippen LogP contribution in [-0.2, 0) is 0 Å². The molecule has 0 spiro atoms. The molecular formula is C15H19N3O.